The van der Waals surface area contributed by atoms with Gasteiger partial charge < -0.3 is 19.0 Å². The van der Waals surface area contributed by atoms with E-state index in [1.165, 1.54) is 30.3 Å². The van der Waals surface area contributed by atoms with Gasteiger partial charge in [-0.25, -0.2) is 17.8 Å². The Hall–Kier alpha value is -4.87. The summed E-state index contributed by atoms with van der Waals surface area (Å²) >= 11 is 0. The molecule has 1 aliphatic carbocycles. The summed E-state index contributed by atoms with van der Waals surface area (Å²) in [5.41, 5.74) is 0.925. The van der Waals surface area contributed by atoms with Crippen molar-refractivity contribution in [2.75, 3.05) is 12.9 Å². The van der Waals surface area contributed by atoms with Crippen molar-refractivity contribution in [2.24, 2.45) is 7.05 Å². The van der Waals surface area contributed by atoms with Crippen LogP contribution in [-0.2, 0) is 22.3 Å². The second-order valence-electron chi connectivity index (χ2n) is 11.3. The van der Waals surface area contributed by atoms with Crippen LogP contribution >= 0.6 is 0 Å². The molecule has 4 aromatic rings. The number of fused-ring (bicyclic) bond motifs is 1. The van der Waals surface area contributed by atoms with Gasteiger partial charge in [0.1, 0.15) is 17.3 Å². The number of halogens is 3. The molecule has 0 radical (unpaired) electrons. The molecule has 3 atom stereocenters. The van der Waals surface area contributed by atoms with E-state index in [-0.39, 0.29) is 39.3 Å². The number of alkyl halides is 2. The van der Waals surface area contributed by atoms with Crippen molar-refractivity contribution in [1.29, 1.82) is 5.26 Å². The normalized spacial score (nSPS) is 20.8. The average Bonchev–Trinajstić information content (AvgIpc) is 3.68. The highest BCUT2D eigenvalue weighted by Crippen LogP contribution is 2.50. The standard InChI is InChI=1S/C32H27F3N4O6S/c1-17(15-36)25-14-28(39(3)38-25)31(16-40)8-7-19(21-9-22(33)13-23(10-21)46(4,41)42)11-24(31)30-29(37-18(2)43-30)20-5-6-26-27(12-20)45-32(34,35)44-26/h5-14,17,24,40H,16H2,1-4H3/t17-,24?,31?/m1/s1. The van der Waals surface area contributed by atoms with Gasteiger partial charge in [-0.3, -0.25) is 4.68 Å². The van der Waals surface area contributed by atoms with Crippen LogP contribution in [0.1, 0.15) is 47.4 Å². The van der Waals surface area contributed by atoms with Gasteiger partial charge >= 0.3 is 6.29 Å². The van der Waals surface area contributed by atoms with Gasteiger partial charge in [-0.05, 0) is 60.5 Å². The lowest BCUT2D eigenvalue weighted by atomic mass is 9.67. The zero-order valence-electron chi connectivity index (χ0n) is 25.0. The lowest BCUT2D eigenvalue weighted by Gasteiger charge is -2.37. The molecule has 0 saturated heterocycles. The van der Waals surface area contributed by atoms with Crippen molar-refractivity contribution in [3.8, 4) is 28.8 Å². The summed E-state index contributed by atoms with van der Waals surface area (Å²) in [6.07, 6.45) is 2.16. The molecule has 2 aromatic carbocycles. The molecule has 1 N–H and O–H groups in total. The molecule has 6 rings (SSSR count). The number of hydrogen-bond donors (Lipinski definition) is 1. The van der Waals surface area contributed by atoms with Crippen LogP contribution in [0.25, 0.3) is 16.8 Å². The fourth-order valence-electron chi connectivity index (χ4n) is 5.81. The monoisotopic (exact) mass is 652 g/mol. The largest absolute Gasteiger partial charge is 0.586 e. The van der Waals surface area contributed by atoms with Crippen molar-refractivity contribution >= 4 is 15.4 Å². The van der Waals surface area contributed by atoms with Crippen molar-refractivity contribution < 1.29 is 40.6 Å². The van der Waals surface area contributed by atoms with Crippen LogP contribution in [0.15, 0.2) is 70.0 Å². The van der Waals surface area contributed by atoms with Crippen molar-refractivity contribution in [3.63, 3.8) is 0 Å². The maximum atomic E-state index is 14.7. The average molecular weight is 653 g/mol. The summed E-state index contributed by atoms with van der Waals surface area (Å²) < 4.78 is 84.0. The predicted molar refractivity (Wildman–Crippen MR) is 158 cm³/mol. The third-order valence-electron chi connectivity index (χ3n) is 8.09. The third-order valence-corrected chi connectivity index (χ3v) is 9.18. The Morgan fingerprint density at radius 1 is 1.13 bits per heavy atom. The first kappa shape index (κ1) is 31.1. The summed E-state index contributed by atoms with van der Waals surface area (Å²) in [6.45, 7) is 2.79. The van der Waals surface area contributed by atoms with Crippen LogP contribution in [0.5, 0.6) is 11.5 Å². The zero-order valence-corrected chi connectivity index (χ0v) is 25.8. The highest BCUT2D eigenvalue weighted by atomic mass is 32.2. The molecule has 1 aliphatic heterocycles. The smallest absolute Gasteiger partial charge is 0.445 e. The van der Waals surface area contributed by atoms with Gasteiger partial charge in [-0.2, -0.15) is 10.4 Å². The Kier molecular flexibility index (Phi) is 7.37. The van der Waals surface area contributed by atoms with Crippen molar-refractivity contribution in [1.82, 2.24) is 14.8 Å². The van der Waals surface area contributed by atoms with E-state index in [1.54, 1.807) is 49.9 Å². The molecule has 0 bridgehead atoms. The molecule has 0 amide bonds. The summed E-state index contributed by atoms with van der Waals surface area (Å²) in [4.78, 5) is 4.33. The number of rotatable bonds is 7. The fourth-order valence-corrected chi connectivity index (χ4v) is 6.48. The van der Waals surface area contributed by atoms with Crippen LogP contribution < -0.4 is 9.47 Å². The van der Waals surface area contributed by atoms with E-state index in [4.69, 9.17) is 4.42 Å². The Morgan fingerprint density at radius 3 is 2.57 bits per heavy atom. The Bertz CT molecular complexity index is 2100. The molecule has 3 heterocycles. The number of nitriles is 1. The molecular formula is C32H27F3N4O6S. The number of sulfone groups is 1. The molecule has 10 nitrogen and oxygen atoms in total. The number of hydrogen-bond acceptors (Lipinski definition) is 9. The number of oxazole rings is 1. The van der Waals surface area contributed by atoms with Crippen LogP contribution in [-0.4, -0.2) is 47.4 Å². The van der Waals surface area contributed by atoms with E-state index in [2.05, 4.69) is 25.6 Å². The molecule has 14 heteroatoms. The van der Waals surface area contributed by atoms with Crippen LogP contribution in [0.4, 0.5) is 13.2 Å². The van der Waals surface area contributed by atoms with E-state index in [1.807, 2.05) is 0 Å². The molecule has 2 aliphatic rings. The Morgan fingerprint density at radius 2 is 1.87 bits per heavy atom. The van der Waals surface area contributed by atoms with E-state index in [0.717, 1.165) is 12.3 Å². The van der Waals surface area contributed by atoms with E-state index >= 15 is 0 Å². The minimum absolute atomic E-state index is 0.162. The molecular weight excluding hydrogens is 625 g/mol. The second-order valence-corrected chi connectivity index (χ2v) is 13.3. The third kappa shape index (κ3) is 5.35. The second kappa shape index (κ2) is 10.9. The number of nitrogens with zero attached hydrogens (tertiary/aromatic N) is 4. The van der Waals surface area contributed by atoms with E-state index in [9.17, 15) is 32.0 Å². The van der Waals surface area contributed by atoms with Crippen LogP contribution in [0.3, 0.4) is 0 Å². The molecule has 46 heavy (non-hydrogen) atoms. The first-order valence-corrected chi connectivity index (χ1v) is 15.9. The van der Waals surface area contributed by atoms with E-state index < -0.39 is 45.8 Å². The Balaban J connectivity index is 1.58. The minimum atomic E-state index is -3.84. The maximum absolute atomic E-state index is 14.7. The van der Waals surface area contributed by atoms with Gasteiger partial charge in [0.05, 0.1) is 46.2 Å². The number of benzene rings is 2. The predicted octanol–water partition coefficient (Wildman–Crippen LogP) is 5.54. The SMILES string of the molecule is Cc1nc(-c2ccc3c(c2)OC(F)(F)O3)c(C2C=C(c3cc(F)cc(S(C)(=O)=O)c3)C=CC2(CO)c2cc([C@H](C)C#N)nn2C)o1. The highest BCUT2D eigenvalue weighted by molar-refractivity contribution is 7.90. The molecule has 0 fully saturated rings. The van der Waals surface area contributed by atoms with Crippen molar-refractivity contribution in [3.05, 3.63) is 95.1 Å². The van der Waals surface area contributed by atoms with Gasteiger partial charge in [-0.1, -0.05) is 18.2 Å². The fraction of sp³-hybridized carbons (Fsp3) is 0.281. The van der Waals surface area contributed by atoms with Gasteiger partial charge in [0.2, 0.25) is 0 Å². The number of ether oxygens (including phenoxy) is 2. The number of aryl methyl sites for hydroxylation is 2. The molecule has 0 spiro atoms. The van der Waals surface area contributed by atoms with E-state index in [0.29, 0.717) is 22.5 Å². The maximum Gasteiger partial charge on any atom is 0.586 e. The topological polar surface area (TPSA) is 140 Å². The van der Waals surface area contributed by atoms with Gasteiger partial charge in [0.25, 0.3) is 0 Å². The number of aliphatic hydroxyl groups excluding tert-OH is 1. The van der Waals surface area contributed by atoms with Gasteiger partial charge in [0.15, 0.2) is 27.2 Å². The number of aromatic nitrogens is 3. The van der Waals surface area contributed by atoms with Gasteiger partial charge in [0, 0.05) is 25.8 Å². The van der Waals surface area contributed by atoms with Crippen LogP contribution in [0, 0.1) is 24.1 Å². The summed E-state index contributed by atoms with van der Waals surface area (Å²) in [6, 6.07) is 11.5. The minimum Gasteiger partial charge on any atom is -0.445 e. The summed E-state index contributed by atoms with van der Waals surface area (Å²) in [7, 11) is -2.10. The summed E-state index contributed by atoms with van der Waals surface area (Å²) in [5.74, 6) is -2.16. The highest BCUT2D eigenvalue weighted by Gasteiger charge is 2.47. The lowest BCUT2D eigenvalue weighted by Crippen LogP contribution is -2.38. The first-order chi connectivity index (χ1) is 21.6. The first-order valence-electron chi connectivity index (χ1n) is 14.0. The molecule has 0 saturated carbocycles. The van der Waals surface area contributed by atoms with Gasteiger partial charge in [-0.15, -0.1) is 8.78 Å². The van der Waals surface area contributed by atoms with Crippen LogP contribution in [0.2, 0.25) is 0 Å². The Labute approximate surface area is 261 Å². The number of allylic oxidation sites excluding steroid dienone is 3. The summed E-state index contributed by atoms with van der Waals surface area (Å²) in [5, 5.41) is 25.2. The lowest BCUT2D eigenvalue weighted by molar-refractivity contribution is -0.286. The quantitative estimate of drug-likeness (QED) is 0.272. The molecule has 238 valence electrons. The van der Waals surface area contributed by atoms with Crippen molar-refractivity contribution in [2.45, 2.75) is 42.3 Å². The molecule has 2 aromatic heterocycles. The zero-order chi connectivity index (χ0) is 33.2. The molecule has 2 unspecified atom stereocenters. The number of aliphatic hydroxyl groups is 1.